The van der Waals surface area contributed by atoms with E-state index in [2.05, 4.69) is 6.58 Å². The van der Waals surface area contributed by atoms with Crippen LogP contribution in [-0.4, -0.2) is 39.2 Å². The van der Waals surface area contributed by atoms with Gasteiger partial charge >= 0.3 is 5.97 Å². The zero-order valence-electron chi connectivity index (χ0n) is 22.8. The summed E-state index contributed by atoms with van der Waals surface area (Å²) in [5.41, 5.74) is 2.08. The maximum atomic E-state index is 15.0. The second kappa shape index (κ2) is 16.9. The molecule has 0 aliphatic carbocycles. The minimum atomic E-state index is -0.863. The van der Waals surface area contributed by atoms with Crippen molar-refractivity contribution in [1.29, 1.82) is 0 Å². The molecule has 0 fully saturated rings. The van der Waals surface area contributed by atoms with Crippen LogP contribution in [-0.2, 0) is 31.8 Å². The lowest BCUT2D eigenvalue weighted by molar-refractivity contribution is -0.143. The van der Waals surface area contributed by atoms with Gasteiger partial charge in [0, 0.05) is 24.8 Å². The standard InChI is InChI=1S/C32H36F2O6/c1-3-30(35)40-22-6-21-39-27-14-8-24(9-15-27)7-10-26-13-18-29(32(34)31(26)33)25-11-16-28(17-12-25)38-20-5-19-37-23-36-4-2/h4,8-9,11-18H,2-3,5-7,10,19-23H2,1H3. The molecule has 6 nitrogen and oxygen atoms in total. The number of halogens is 2. The summed E-state index contributed by atoms with van der Waals surface area (Å²) in [6.07, 6.45) is 3.89. The normalized spacial score (nSPS) is 10.7. The molecule has 0 amide bonds. The van der Waals surface area contributed by atoms with Crippen LogP contribution in [0, 0.1) is 11.6 Å². The first-order chi connectivity index (χ1) is 19.5. The highest BCUT2D eigenvalue weighted by molar-refractivity contribution is 5.68. The van der Waals surface area contributed by atoms with Crippen LogP contribution >= 0.6 is 0 Å². The third kappa shape index (κ3) is 10.0. The molecule has 0 spiro atoms. The van der Waals surface area contributed by atoms with E-state index in [-0.39, 0.29) is 18.3 Å². The van der Waals surface area contributed by atoms with Crippen LogP contribution in [0.5, 0.6) is 11.5 Å². The highest BCUT2D eigenvalue weighted by Crippen LogP contribution is 2.28. The predicted molar refractivity (Wildman–Crippen MR) is 149 cm³/mol. The van der Waals surface area contributed by atoms with Crippen molar-refractivity contribution in [3.8, 4) is 22.6 Å². The number of esters is 1. The molecule has 8 heteroatoms. The van der Waals surface area contributed by atoms with E-state index < -0.39 is 11.6 Å². The van der Waals surface area contributed by atoms with Gasteiger partial charge in [-0.25, -0.2) is 8.78 Å². The van der Waals surface area contributed by atoms with E-state index in [0.717, 1.165) is 5.56 Å². The van der Waals surface area contributed by atoms with Gasteiger partial charge in [-0.3, -0.25) is 4.79 Å². The first-order valence-corrected chi connectivity index (χ1v) is 13.4. The minimum Gasteiger partial charge on any atom is -0.494 e. The van der Waals surface area contributed by atoms with Gasteiger partial charge in [-0.05, 0) is 53.8 Å². The summed E-state index contributed by atoms with van der Waals surface area (Å²) in [5, 5.41) is 0. The van der Waals surface area contributed by atoms with Crippen LogP contribution in [0.4, 0.5) is 8.78 Å². The van der Waals surface area contributed by atoms with Crippen molar-refractivity contribution in [3.05, 3.63) is 96.3 Å². The molecule has 0 bridgehead atoms. The molecule has 3 aromatic carbocycles. The first-order valence-electron chi connectivity index (χ1n) is 13.4. The average molecular weight is 555 g/mol. The fourth-order valence-corrected chi connectivity index (χ4v) is 3.81. The Morgan fingerprint density at radius 1 is 0.800 bits per heavy atom. The van der Waals surface area contributed by atoms with Crippen molar-refractivity contribution in [2.45, 2.75) is 39.0 Å². The zero-order chi connectivity index (χ0) is 28.6. The highest BCUT2D eigenvalue weighted by Gasteiger charge is 2.15. The Labute approximate surface area is 234 Å². The topological polar surface area (TPSA) is 63.2 Å². The number of aryl methyl sites for hydroxylation is 2. The van der Waals surface area contributed by atoms with Gasteiger partial charge in [-0.2, -0.15) is 0 Å². The van der Waals surface area contributed by atoms with Crippen molar-refractivity contribution in [2.24, 2.45) is 0 Å². The number of benzene rings is 3. The molecule has 3 aromatic rings. The molecule has 0 radical (unpaired) electrons. The van der Waals surface area contributed by atoms with Gasteiger partial charge < -0.3 is 23.7 Å². The maximum Gasteiger partial charge on any atom is 0.305 e. The monoisotopic (exact) mass is 554 g/mol. The first kappa shape index (κ1) is 30.6. The van der Waals surface area contributed by atoms with Crippen molar-refractivity contribution < 1.29 is 37.3 Å². The van der Waals surface area contributed by atoms with Crippen molar-refractivity contribution in [3.63, 3.8) is 0 Å². The average Bonchev–Trinajstić information content (AvgIpc) is 2.98. The smallest absolute Gasteiger partial charge is 0.305 e. The lowest BCUT2D eigenvalue weighted by Crippen LogP contribution is -2.07. The van der Waals surface area contributed by atoms with Gasteiger partial charge in [0.1, 0.15) is 11.5 Å². The van der Waals surface area contributed by atoms with Crippen LogP contribution in [0.3, 0.4) is 0 Å². The summed E-state index contributed by atoms with van der Waals surface area (Å²) in [5.74, 6) is -0.579. The molecule has 0 saturated heterocycles. The van der Waals surface area contributed by atoms with E-state index in [9.17, 15) is 13.6 Å². The summed E-state index contributed by atoms with van der Waals surface area (Å²) < 4.78 is 56.3. The number of ether oxygens (including phenoxy) is 5. The Morgan fingerprint density at radius 2 is 1.45 bits per heavy atom. The Hall–Kier alpha value is -3.91. The largest absolute Gasteiger partial charge is 0.494 e. The maximum absolute atomic E-state index is 15.0. The van der Waals surface area contributed by atoms with E-state index in [4.69, 9.17) is 23.7 Å². The zero-order valence-corrected chi connectivity index (χ0v) is 22.8. The third-order valence-corrected chi connectivity index (χ3v) is 6.01. The lowest BCUT2D eigenvalue weighted by Gasteiger charge is -2.11. The summed E-state index contributed by atoms with van der Waals surface area (Å²) in [6.45, 7) is 7.05. The molecule has 0 atom stereocenters. The third-order valence-electron chi connectivity index (χ3n) is 6.01. The van der Waals surface area contributed by atoms with E-state index in [0.29, 0.717) is 81.2 Å². The molecular formula is C32H36F2O6. The fraction of sp³-hybridized carbons (Fsp3) is 0.344. The minimum absolute atomic E-state index is 0.157. The number of carbonyl (C=O) groups excluding carboxylic acids is 1. The molecule has 214 valence electrons. The molecule has 0 aliphatic rings. The predicted octanol–water partition coefficient (Wildman–Crippen LogP) is 7.04. The van der Waals surface area contributed by atoms with Gasteiger partial charge in [0.05, 0.1) is 32.7 Å². The fourth-order valence-electron chi connectivity index (χ4n) is 3.81. The summed E-state index contributed by atoms with van der Waals surface area (Å²) in [4.78, 5) is 11.1. The summed E-state index contributed by atoms with van der Waals surface area (Å²) in [6, 6.07) is 17.6. The molecule has 3 rings (SSSR count). The van der Waals surface area contributed by atoms with E-state index >= 15 is 0 Å². The SMILES string of the molecule is C=COCOCCCOc1ccc(-c2ccc(CCc3ccc(OCCCOC(=O)CC)cc3)c(F)c2F)cc1. The van der Waals surface area contributed by atoms with Crippen molar-refractivity contribution in [1.82, 2.24) is 0 Å². The second-order valence-corrected chi connectivity index (χ2v) is 8.91. The molecular weight excluding hydrogens is 518 g/mol. The molecule has 0 N–H and O–H groups in total. The quantitative estimate of drug-likeness (QED) is 0.0727. The Kier molecular flexibility index (Phi) is 13.0. The van der Waals surface area contributed by atoms with Gasteiger partial charge in [0.2, 0.25) is 0 Å². The Balaban J connectivity index is 1.46. The van der Waals surface area contributed by atoms with Crippen LogP contribution in [0.1, 0.15) is 37.3 Å². The summed E-state index contributed by atoms with van der Waals surface area (Å²) >= 11 is 0. The number of hydrogen-bond acceptors (Lipinski definition) is 6. The molecule has 0 unspecified atom stereocenters. The number of carbonyl (C=O) groups is 1. The molecule has 40 heavy (non-hydrogen) atoms. The van der Waals surface area contributed by atoms with Crippen LogP contribution in [0.15, 0.2) is 73.5 Å². The van der Waals surface area contributed by atoms with Crippen molar-refractivity contribution in [2.75, 3.05) is 33.2 Å². The van der Waals surface area contributed by atoms with E-state index in [1.807, 2.05) is 24.3 Å². The van der Waals surface area contributed by atoms with Gasteiger partial charge in [-0.1, -0.05) is 49.9 Å². The summed E-state index contributed by atoms with van der Waals surface area (Å²) in [7, 11) is 0. The Bertz CT molecular complexity index is 1200. The second-order valence-electron chi connectivity index (χ2n) is 8.91. The lowest BCUT2D eigenvalue weighted by atomic mass is 9.99. The Morgan fingerprint density at radius 3 is 2.10 bits per heavy atom. The number of rotatable bonds is 18. The number of hydrogen-bond donors (Lipinski definition) is 0. The molecule has 0 heterocycles. The van der Waals surface area contributed by atoms with Gasteiger partial charge in [0.25, 0.3) is 0 Å². The van der Waals surface area contributed by atoms with Gasteiger partial charge in [-0.15, -0.1) is 0 Å². The van der Waals surface area contributed by atoms with Crippen LogP contribution in [0.2, 0.25) is 0 Å². The highest BCUT2D eigenvalue weighted by atomic mass is 19.2. The van der Waals surface area contributed by atoms with Gasteiger partial charge in [0.15, 0.2) is 18.4 Å². The molecule has 0 aliphatic heterocycles. The van der Waals surface area contributed by atoms with Crippen LogP contribution in [0.25, 0.3) is 11.1 Å². The van der Waals surface area contributed by atoms with Crippen molar-refractivity contribution >= 4 is 5.97 Å². The van der Waals surface area contributed by atoms with E-state index in [1.54, 1.807) is 43.3 Å². The molecule has 0 aromatic heterocycles. The van der Waals surface area contributed by atoms with Crippen LogP contribution < -0.4 is 9.47 Å². The van der Waals surface area contributed by atoms with E-state index in [1.165, 1.54) is 6.26 Å². The molecule has 0 saturated carbocycles.